The first kappa shape index (κ1) is 23.6. The fourth-order valence-electron chi connectivity index (χ4n) is 4.63. The van der Waals surface area contributed by atoms with Gasteiger partial charge in [0, 0.05) is 50.6 Å². The first-order valence-electron chi connectivity index (χ1n) is 10.6. The number of carbonyl (C=O) groups excluding carboxylic acids is 2. The molecule has 0 bridgehead atoms. The van der Waals surface area contributed by atoms with E-state index in [9.17, 15) is 22.8 Å². The third-order valence-electron chi connectivity index (χ3n) is 6.62. The van der Waals surface area contributed by atoms with Crippen LogP contribution in [0.5, 0.6) is 0 Å². The molecule has 4 rings (SSSR count). The highest BCUT2D eigenvalue weighted by atomic mass is 35.5. The molecule has 2 fully saturated rings. The molecule has 1 unspecified atom stereocenters. The van der Waals surface area contributed by atoms with Crippen molar-refractivity contribution in [3.63, 3.8) is 0 Å². The maximum Gasteiger partial charge on any atom is 0.416 e. The average Bonchev–Trinajstić information content (AvgIpc) is 3.49. The number of hydrogen-bond donors (Lipinski definition) is 0. The molecule has 2 saturated heterocycles. The van der Waals surface area contributed by atoms with E-state index in [1.807, 2.05) is 0 Å². The van der Waals surface area contributed by atoms with Gasteiger partial charge >= 0.3 is 12.2 Å². The second-order valence-electron chi connectivity index (χ2n) is 8.94. The summed E-state index contributed by atoms with van der Waals surface area (Å²) in [6.45, 7) is 4.30. The predicted molar refractivity (Wildman–Crippen MR) is 117 cm³/mol. The number of likely N-dealkylation sites (tertiary alicyclic amines) is 2. The second kappa shape index (κ2) is 8.64. The normalized spacial score (nSPS) is 21.2. The van der Waals surface area contributed by atoms with Crippen LogP contribution < -0.4 is 4.90 Å². The highest BCUT2D eigenvalue weighted by Crippen LogP contribution is 2.41. The molecule has 1 atom stereocenters. The van der Waals surface area contributed by atoms with Gasteiger partial charge in [0.2, 0.25) is 5.91 Å². The van der Waals surface area contributed by atoms with Crippen molar-refractivity contribution in [3.05, 3.63) is 46.7 Å². The highest BCUT2D eigenvalue weighted by Gasteiger charge is 2.45. The van der Waals surface area contributed by atoms with Gasteiger partial charge in [0.15, 0.2) is 0 Å². The smallest absolute Gasteiger partial charge is 0.322 e. The fourth-order valence-corrected chi connectivity index (χ4v) is 4.80. The number of hydrogen-bond acceptors (Lipinski definition) is 4. The number of alkyl halides is 3. The van der Waals surface area contributed by atoms with E-state index in [2.05, 4.69) is 10.00 Å². The molecular formula is C22H25ClF3N5O2. The highest BCUT2D eigenvalue weighted by molar-refractivity contribution is 6.31. The first-order chi connectivity index (χ1) is 15.5. The second-order valence-corrected chi connectivity index (χ2v) is 9.35. The zero-order valence-corrected chi connectivity index (χ0v) is 19.2. The zero-order valence-electron chi connectivity index (χ0n) is 18.4. The van der Waals surface area contributed by atoms with E-state index >= 15 is 0 Å². The lowest BCUT2D eigenvalue weighted by molar-refractivity contribution is -0.137. The van der Waals surface area contributed by atoms with E-state index in [-0.39, 0.29) is 17.4 Å². The third kappa shape index (κ3) is 4.86. The molecule has 2 amide bonds. The van der Waals surface area contributed by atoms with Crippen molar-refractivity contribution >= 4 is 29.2 Å². The van der Waals surface area contributed by atoms with Crippen LogP contribution in [0.2, 0.25) is 5.02 Å². The van der Waals surface area contributed by atoms with Crippen molar-refractivity contribution in [2.75, 3.05) is 38.1 Å². The summed E-state index contributed by atoms with van der Waals surface area (Å²) in [7, 11) is 1.61. The van der Waals surface area contributed by atoms with Gasteiger partial charge in [-0.15, -0.1) is 0 Å². The van der Waals surface area contributed by atoms with Crippen LogP contribution >= 0.6 is 11.6 Å². The van der Waals surface area contributed by atoms with Crippen molar-refractivity contribution in [3.8, 4) is 0 Å². The number of nitrogens with zero attached hydrogens (tertiary/aromatic N) is 5. The molecule has 7 nitrogen and oxygen atoms in total. The molecule has 1 aromatic carbocycles. The van der Waals surface area contributed by atoms with Gasteiger partial charge in [-0.3, -0.25) is 9.69 Å². The first-order valence-corrected chi connectivity index (χ1v) is 11.0. The molecule has 11 heteroatoms. The Bertz CT molecular complexity index is 1070. The summed E-state index contributed by atoms with van der Waals surface area (Å²) in [5.74, 6) is -0.158. The molecule has 0 N–H and O–H groups in total. The molecule has 1 spiro atoms. The summed E-state index contributed by atoms with van der Waals surface area (Å²) in [4.78, 5) is 29.7. The van der Waals surface area contributed by atoms with Crippen molar-refractivity contribution in [1.82, 2.24) is 19.6 Å². The van der Waals surface area contributed by atoms with Crippen LogP contribution in [0.25, 0.3) is 0 Å². The maximum absolute atomic E-state index is 13.1. The molecule has 0 saturated carbocycles. The van der Waals surface area contributed by atoms with Gasteiger partial charge in [-0.1, -0.05) is 11.6 Å². The molecule has 2 aliphatic rings. The van der Waals surface area contributed by atoms with Crippen LogP contribution in [0.15, 0.2) is 30.6 Å². The molecule has 0 aliphatic carbocycles. The summed E-state index contributed by atoms with van der Waals surface area (Å²) < 4.78 is 40.5. The molecule has 178 valence electrons. The van der Waals surface area contributed by atoms with Gasteiger partial charge in [0.1, 0.15) is 0 Å². The number of aromatic nitrogens is 2. The minimum atomic E-state index is -4.41. The topological polar surface area (TPSA) is 61.7 Å². The Kier molecular flexibility index (Phi) is 6.17. The number of carbonyl (C=O) groups is 2. The maximum atomic E-state index is 13.1. The summed E-state index contributed by atoms with van der Waals surface area (Å²) in [6, 6.07) is 3.15. The summed E-state index contributed by atoms with van der Waals surface area (Å²) in [5.41, 5.74) is 0.181. The monoisotopic (exact) mass is 483 g/mol. The number of amides is 2. The average molecular weight is 484 g/mol. The van der Waals surface area contributed by atoms with Crippen LogP contribution in [-0.2, 0) is 17.5 Å². The molecule has 2 aliphatic heterocycles. The van der Waals surface area contributed by atoms with Gasteiger partial charge in [-0.2, -0.15) is 23.0 Å². The van der Waals surface area contributed by atoms with Gasteiger partial charge in [-0.05, 0) is 43.1 Å². The van der Waals surface area contributed by atoms with E-state index in [1.165, 1.54) is 35.0 Å². The van der Waals surface area contributed by atoms with Gasteiger partial charge in [0.05, 0.1) is 23.6 Å². The van der Waals surface area contributed by atoms with Gasteiger partial charge < -0.3 is 9.80 Å². The molecule has 0 radical (unpaired) electrons. The standard InChI is InChI=1S/C22H25ClF3N5O2/c1-15(32)28(2)18-10-27-31(12-18)20(33)30-8-6-21(14-30)5-7-29(13-21)11-16-9-17(22(24,25)26)3-4-19(16)23/h3-4,9-10,12H,5-8,11,13-14H2,1-2H3. The Hall–Kier alpha value is -2.59. The van der Waals surface area contributed by atoms with Crippen LogP contribution in [0.3, 0.4) is 0 Å². The van der Waals surface area contributed by atoms with Crippen molar-refractivity contribution in [2.24, 2.45) is 5.41 Å². The zero-order chi connectivity index (χ0) is 24.0. The van der Waals surface area contributed by atoms with Crippen LogP contribution in [0.4, 0.5) is 23.7 Å². The van der Waals surface area contributed by atoms with Gasteiger partial charge in [-0.25, -0.2) is 4.79 Å². The number of halogens is 4. The number of benzene rings is 1. The SMILES string of the molecule is CC(=O)N(C)c1cnn(C(=O)N2CCC3(CCN(Cc4cc(C(F)(F)F)ccc4Cl)C3)C2)c1. The Morgan fingerprint density at radius 1 is 1.21 bits per heavy atom. The Morgan fingerprint density at radius 3 is 2.64 bits per heavy atom. The van der Waals surface area contributed by atoms with E-state index in [0.29, 0.717) is 42.5 Å². The number of anilines is 1. The van der Waals surface area contributed by atoms with E-state index in [0.717, 1.165) is 31.5 Å². The van der Waals surface area contributed by atoms with E-state index in [4.69, 9.17) is 11.6 Å². The largest absolute Gasteiger partial charge is 0.416 e. The lowest BCUT2D eigenvalue weighted by Crippen LogP contribution is -2.36. The molecule has 33 heavy (non-hydrogen) atoms. The molecule has 1 aromatic heterocycles. The number of rotatable bonds is 3. The molecule has 3 heterocycles. The van der Waals surface area contributed by atoms with Gasteiger partial charge in [0.25, 0.3) is 0 Å². The lowest BCUT2D eigenvalue weighted by Gasteiger charge is -2.25. The summed E-state index contributed by atoms with van der Waals surface area (Å²) in [5, 5.41) is 4.42. The summed E-state index contributed by atoms with van der Waals surface area (Å²) in [6.07, 6.45) is 0.258. The predicted octanol–water partition coefficient (Wildman–Crippen LogP) is 4.10. The fraction of sp³-hybridized carbons (Fsp3) is 0.500. The third-order valence-corrected chi connectivity index (χ3v) is 6.99. The van der Waals surface area contributed by atoms with Crippen molar-refractivity contribution in [1.29, 1.82) is 0 Å². The van der Waals surface area contributed by atoms with Crippen molar-refractivity contribution in [2.45, 2.75) is 32.5 Å². The molecule has 2 aromatic rings. The molecular weight excluding hydrogens is 459 g/mol. The lowest BCUT2D eigenvalue weighted by atomic mass is 9.86. The Morgan fingerprint density at radius 2 is 1.94 bits per heavy atom. The van der Waals surface area contributed by atoms with Crippen LogP contribution in [0, 0.1) is 5.41 Å². The van der Waals surface area contributed by atoms with Crippen LogP contribution in [-0.4, -0.2) is 64.7 Å². The van der Waals surface area contributed by atoms with E-state index < -0.39 is 11.7 Å². The minimum absolute atomic E-state index is 0.101. The summed E-state index contributed by atoms with van der Waals surface area (Å²) >= 11 is 6.17. The van der Waals surface area contributed by atoms with Crippen LogP contribution in [0.1, 0.15) is 30.9 Å². The quantitative estimate of drug-likeness (QED) is 0.659. The Labute approximate surface area is 194 Å². The minimum Gasteiger partial charge on any atom is -0.322 e. The van der Waals surface area contributed by atoms with Crippen molar-refractivity contribution < 1.29 is 22.8 Å². The Balaban J connectivity index is 1.40. The van der Waals surface area contributed by atoms with E-state index in [1.54, 1.807) is 11.9 Å².